The van der Waals surface area contributed by atoms with Gasteiger partial charge in [0.25, 0.3) is 5.91 Å². The predicted molar refractivity (Wildman–Crippen MR) is 86.9 cm³/mol. The molecule has 1 aliphatic heterocycles. The molecule has 1 heterocycles. The van der Waals surface area contributed by atoms with Crippen molar-refractivity contribution in [3.05, 3.63) is 22.7 Å². The minimum atomic E-state index is -0.0948. The summed E-state index contributed by atoms with van der Waals surface area (Å²) in [6.07, 6.45) is 5.55. The number of hydrogen-bond acceptors (Lipinski definition) is 4. The summed E-state index contributed by atoms with van der Waals surface area (Å²) in [6.45, 7) is 0.144. The van der Waals surface area contributed by atoms with Crippen LogP contribution >= 0.6 is 11.6 Å². The molecule has 2 bridgehead atoms. The third-order valence-corrected chi connectivity index (χ3v) is 5.64. The Hall–Kier alpha value is -1.46. The van der Waals surface area contributed by atoms with Crippen molar-refractivity contribution in [3.8, 4) is 11.5 Å². The molecule has 23 heavy (non-hydrogen) atoms. The summed E-state index contributed by atoms with van der Waals surface area (Å²) < 4.78 is 10.6. The maximum Gasteiger partial charge on any atom is 0.251 e. The highest BCUT2D eigenvalue weighted by atomic mass is 35.5. The van der Waals surface area contributed by atoms with Gasteiger partial charge in [-0.2, -0.15) is 0 Å². The monoisotopic (exact) mass is 336 g/mol. The number of nitrogens with one attached hydrogen (secondary N) is 1. The van der Waals surface area contributed by atoms with Crippen LogP contribution in [0.4, 0.5) is 0 Å². The van der Waals surface area contributed by atoms with E-state index >= 15 is 0 Å². The molecule has 3 aliphatic rings. The van der Waals surface area contributed by atoms with E-state index < -0.39 is 0 Å². The SMILES string of the molecule is NC1CC2CCCC(C1)C2NC(=O)c1cc(Cl)c2c(c1)OCO2. The third kappa shape index (κ3) is 2.76. The average molecular weight is 337 g/mol. The van der Waals surface area contributed by atoms with Gasteiger partial charge in [0.2, 0.25) is 6.79 Å². The number of halogens is 1. The fourth-order valence-electron chi connectivity index (χ4n) is 4.36. The Morgan fingerprint density at radius 3 is 2.70 bits per heavy atom. The van der Waals surface area contributed by atoms with Crippen LogP contribution in [0.3, 0.4) is 0 Å². The van der Waals surface area contributed by atoms with Gasteiger partial charge in [0, 0.05) is 17.6 Å². The Bertz CT molecular complexity index is 623. The van der Waals surface area contributed by atoms with Crippen molar-refractivity contribution < 1.29 is 14.3 Å². The largest absolute Gasteiger partial charge is 0.454 e. The number of carbonyl (C=O) groups excluding carboxylic acids is 1. The molecule has 2 unspecified atom stereocenters. The second-order valence-corrected chi connectivity index (χ2v) is 7.28. The molecule has 4 rings (SSSR count). The van der Waals surface area contributed by atoms with Crippen LogP contribution in [0.15, 0.2) is 12.1 Å². The van der Waals surface area contributed by atoms with E-state index in [1.807, 2.05) is 0 Å². The third-order valence-electron chi connectivity index (χ3n) is 5.36. The van der Waals surface area contributed by atoms with E-state index in [4.69, 9.17) is 26.8 Å². The van der Waals surface area contributed by atoms with Crippen molar-refractivity contribution >= 4 is 17.5 Å². The molecule has 3 N–H and O–H groups in total. The van der Waals surface area contributed by atoms with Gasteiger partial charge < -0.3 is 20.5 Å². The van der Waals surface area contributed by atoms with Crippen molar-refractivity contribution in [2.24, 2.45) is 17.6 Å². The molecule has 2 atom stereocenters. The second-order valence-electron chi connectivity index (χ2n) is 6.87. The van der Waals surface area contributed by atoms with Crippen LogP contribution < -0.4 is 20.5 Å². The summed E-state index contributed by atoms with van der Waals surface area (Å²) in [5, 5.41) is 3.64. The van der Waals surface area contributed by atoms with Crippen LogP contribution in [0, 0.1) is 11.8 Å². The molecule has 0 saturated heterocycles. The Morgan fingerprint density at radius 2 is 1.96 bits per heavy atom. The van der Waals surface area contributed by atoms with Gasteiger partial charge in [-0.1, -0.05) is 18.0 Å². The number of amides is 1. The van der Waals surface area contributed by atoms with Crippen molar-refractivity contribution in [2.45, 2.75) is 44.2 Å². The first kappa shape index (κ1) is 15.1. The molecule has 0 spiro atoms. The molecular formula is C17H21ClN2O3. The van der Waals surface area contributed by atoms with Gasteiger partial charge in [0.15, 0.2) is 11.5 Å². The van der Waals surface area contributed by atoms with Crippen LogP contribution in [0.1, 0.15) is 42.5 Å². The van der Waals surface area contributed by atoms with E-state index in [0.29, 0.717) is 33.9 Å². The molecular weight excluding hydrogens is 316 g/mol. The summed E-state index contributed by atoms with van der Waals surface area (Å²) in [6, 6.07) is 3.85. The number of benzene rings is 1. The van der Waals surface area contributed by atoms with E-state index in [9.17, 15) is 4.79 Å². The summed E-state index contributed by atoms with van der Waals surface area (Å²) in [4.78, 5) is 12.7. The minimum absolute atomic E-state index is 0.0948. The van der Waals surface area contributed by atoms with E-state index in [1.165, 1.54) is 6.42 Å². The summed E-state index contributed by atoms with van der Waals surface area (Å²) in [5.74, 6) is 1.94. The lowest BCUT2D eigenvalue weighted by Gasteiger charge is -2.45. The summed E-state index contributed by atoms with van der Waals surface area (Å²) in [7, 11) is 0. The predicted octanol–water partition coefficient (Wildman–Crippen LogP) is 2.70. The molecule has 1 amide bonds. The zero-order chi connectivity index (χ0) is 16.0. The maximum atomic E-state index is 12.7. The average Bonchev–Trinajstić information content (AvgIpc) is 2.97. The van der Waals surface area contributed by atoms with Crippen LogP contribution in [0.5, 0.6) is 11.5 Å². The number of nitrogens with two attached hydrogens (primary N) is 1. The molecule has 0 aromatic heterocycles. The van der Waals surface area contributed by atoms with Gasteiger partial charge >= 0.3 is 0 Å². The molecule has 6 heteroatoms. The summed E-state index contributed by atoms with van der Waals surface area (Å²) >= 11 is 6.18. The maximum absolute atomic E-state index is 12.7. The van der Waals surface area contributed by atoms with Gasteiger partial charge in [-0.3, -0.25) is 4.79 Å². The number of hydrogen-bond donors (Lipinski definition) is 2. The van der Waals surface area contributed by atoms with Crippen LogP contribution in [-0.4, -0.2) is 24.8 Å². The van der Waals surface area contributed by atoms with E-state index in [2.05, 4.69) is 5.32 Å². The van der Waals surface area contributed by atoms with Gasteiger partial charge in [-0.05, 0) is 49.7 Å². The van der Waals surface area contributed by atoms with Crippen LogP contribution in [0.2, 0.25) is 5.02 Å². The summed E-state index contributed by atoms with van der Waals surface area (Å²) in [5.41, 5.74) is 6.67. The van der Waals surface area contributed by atoms with Crippen molar-refractivity contribution in [1.29, 1.82) is 0 Å². The Morgan fingerprint density at radius 1 is 1.22 bits per heavy atom. The molecule has 124 valence electrons. The van der Waals surface area contributed by atoms with Gasteiger partial charge in [0.05, 0.1) is 5.02 Å². The lowest BCUT2D eigenvalue weighted by Crippen LogP contribution is -2.53. The Balaban J connectivity index is 1.53. The van der Waals surface area contributed by atoms with Crippen molar-refractivity contribution in [2.75, 3.05) is 6.79 Å². The smallest absolute Gasteiger partial charge is 0.251 e. The van der Waals surface area contributed by atoms with Crippen molar-refractivity contribution in [1.82, 2.24) is 5.32 Å². The molecule has 0 radical (unpaired) electrons. The first-order valence-electron chi connectivity index (χ1n) is 8.27. The molecule has 1 aromatic rings. The highest BCUT2D eigenvalue weighted by molar-refractivity contribution is 6.32. The fraction of sp³-hybridized carbons (Fsp3) is 0.588. The number of fused-ring (bicyclic) bond motifs is 3. The standard InChI is InChI=1S/C17H21ClN2O3/c18-13-6-11(7-14-16(13)23-8-22-14)17(21)20-15-9-2-1-3-10(15)5-12(19)4-9/h6-7,9-10,12,15H,1-5,8,19H2,(H,20,21). The number of ether oxygens (including phenoxy) is 2. The zero-order valence-electron chi connectivity index (χ0n) is 12.9. The minimum Gasteiger partial charge on any atom is -0.454 e. The normalized spacial score (nSPS) is 31.7. The van der Waals surface area contributed by atoms with E-state index in [1.54, 1.807) is 12.1 Å². The zero-order valence-corrected chi connectivity index (χ0v) is 13.6. The van der Waals surface area contributed by atoms with Gasteiger partial charge in [-0.15, -0.1) is 0 Å². The molecule has 2 saturated carbocycles. The van der Waals surface area contributed by atoms with Crippen LogP contribution in [-0.2, 0) is 0 Å². The molecule has 2 aliphatic carbocycles. The lowest BCUT2D eigenvalue weighted by atomic mass is 9.67. The Kier molecular flexibility index (Phi) is 3.85. The van der Waals surface area contributed by atoms with Crippen LogP contribution in [0.25, 0.3) is 0 Å². The molecule has 5 nitrogen and oxygen atoms in total. The highest BCUT2D eigenvalue weighted by Gasteiger charge is 2.40. The fourth-order valence-corrected chi connectivity index (χ4v) is 4.62. The molecule has 2 fully saturated rings. The first-order valence-corrected chi connectivity index (χ1v) is 8.65. The number of carbonyl (C=O) groups is 1. The lowest BCUT2D eigenvalue weighted by molar-refractivity contribution is 0.0755. The number of rotatable bonds is 2. The quantitative estimate of drug-likeness (QED) is 0.871. The van der Waals surface area contributed by atoms with Gasteiger partial charge in [-0.25, -0.2) is 0 Å². The van der Waals surface area contributed by atoms with Gasteiger partial charge in [0.1, 0.15) is 0 Å². The van der Waals surface area contributed by atoms with E-state index in [-0.39, 0.29) is 24.8 Å². The Labute approximate surface area is 140 Å². The second kappa shape index (κ2) is 5.87. The van der Waals surface area contributed by atoms with E-state index in [0.717, 1.165) is 25.7 Å². The first-order chi connectivity index (χ1) is 11.1. The van der Waals surface area contributed by atoms with Crippen molar-refractivity contribution in [3.63, 3.8) is 0 Å². The molecule has 1 aromatic carbocycles. The topological polar surface area (TPSA) is 73.6 Å². The highest BCUT2D eigenvalue weighted by Crippen LogP contribution is 2.41.